The minimum Gasteiger partial charge on any atom is -0.508 e. The van der Waals surface area contributed by atoms with Crippen LogP contribution in [0.3, 0.4) is 0 Å². The highest BCUT2D eigenvalue weighted by atomic mass is 16.3. The molecule has 1 heteroatoms. The topological polar surface area (TPSA) is 20.2 Å². The molecule has 19 heavy (non-hydrogen) atoms. The summed E-state index contributed by atoms with van der Waals surface area (Å²) in [6.07, 6.45) is 12.3. The van der Waals surface area contributed by atoms with Crippen molar-refractivity contribution in [2.45, 2.75) is 78.1 Å². The Morgan fingerprint density at radius 3 is 2.00 bits per heavy atom. The highest BCUT2D eigenvalue weighted by molar-refractivity contribution is 5.36. The summed E-state index contributed by atoms with van der Waals surface area (Å²) < 4.78 is 0. The van der Waals surface area contributed by atoms with Crippen LogP contribution < -0.4 is 0 Å². The van der Waals surface area contributed by atoms with Crippen LogP contribution in [0.2, 0.25) is 0 Å². The van der Waals surface area contributed by atoms with Gasteiger partial charge in [0.2, 0.25) is 0 Å². The number of benzene rings is 1. The summed E-state index contributed by atoms with van der Waals surface area (Å²) in [6, 6.07) is 6.29. The number of hydrogen-bond donors (Lipinski definition) is 1. The van der Waals surface area contributed by atoms with E-state index in [1.807, 2.05) is 6.07 Å². The largest absolute Gasteiger partial charge is 0.508 e. The molecule has 1 aromatic rings. The van der Waals surface area contributed by atoms with Crippen LogP contribution in [0.5, 0.6) is 5.75 Å². The molecule has 0 spiro atoms. The van der Waals surface area contributed by atoms with Gasteiger partial charge in [0.25, 0.3) is 0 Å². The van der Waals surface area contributed by atoms with Crippen molar-refractivity contribution in [3.63, 3.8) is 0 Å². The molecule has 1 rings (SSSR count). The third-order valence-electron chi connectivity index (χ3n) is 3.77. The van der Waals surface area contributed by atoms with Gasteiger partial charge in [-0.2, -0.15) is 0 Å². The van der Waals surface area contributed by atoms with Crippen molar-refractivity contribution in [2.75, 3.05) is 0 Å². The molecule has 0 aliphatic carbocycles. The normalized spacial score (nSPS) is 10.8. The quantitative estimate of drug-likeness (QED) is 0.541. The Morgan fingerprint density at radius 1 is 0.789 bits per heavy atom. The Bertz CT molecular complexity index is 344. The summed E-state index contributed by atoms with van der Waals surface area (Å²) in [5, 5.41) is 10.1. The van der Waals surface area contributed by atoms with Gasteiger partial charge in [0.15, 0.2) is 0 Å². The van der Waals surface area contributed by atoms with E-state index in [2.05, 4.69) is 26.0 Å². The minimum absolute atomic E-state index is 0.504. The average molecular weight is 262 g/mol. The fraction of sp³-hybridized carbons (Fsp3) is 0.667. The number of aryl methyl sites for hydroxylation is 2. The molecule has 1 nitrogen and oxygen atoms in total. The minimum atomic E-state index is 0.504. The molecular formula is C18H30O. The molecule has 0 bridgehead atoms. The van der Waals surface area contributed by atoms with Crippen molar-refractivity contribution >= 4 is 0 Å². The smallest absolute Gasteiger partial charge is 0.119 e. The van der Waals surface area contributed by atoms with Gasteiger partial charge in [-0.15, -0.1) is 0 Å². The number of hydrogen-bond acceptors (Lipinski definition) is 1. The van der Waals surface area contributed by atoms with Crippen molar-refractivity contribution in [1.82, 2.24) is 0 Å². The van der Waals surface area contributed by atoms with Crippen LogP contribution in [0.4, 0.5) is 0 Å². The maximum absolute atomic E-state index is 10.1. The monoisotopic (exact) mass is 262 g/mol. The average Bonchev–Trinajstić information content (AvgIpc) is 2.42. The predicted molar refractivity (Wildman–Crippen MR) is 83.8 cm³/mol. The molecule has 0 aliphatic heterocycles. The molecule has 0 heterocycles. The maximum atomic E-state index is 10.1. The van der Waals surface area contributed by atoms with Crippen molar-refractivity contribution in [3.05, 3.63) is 29.3 Å². The van der Waals surface area contributed by atoms with E-state index in [9.17, 15) is 5.11 Å². The Labute approximate surface area is 119 Å². The molecular weight excluding hydrogens is 232 g/mol. The Morgan fingerprint density at radius 2 is 1.42 bits per heavy atom. The fourth-order valence-electron chi connectivity index (χ4n) is 2.47. The van der Waals surface area contributed by atoms with E-state index in [-0.39, 0.29) is 0 Å². The summed E-state index contributed by atoms with van der Waals surface area (Å²) >= 11 is 0. The Balaban J connectivity index is 2.36. The predicted octanol–water partition coefficient (Wildman–Crippen LogP) is 5.64. The van der Waals surface area contributed by atoms with E-state index in [1.54, 1.807) is 0 Å². The van der Waals surface area contributed by atoms with Crippen LogP contribution >= 0.6 is 0 Å². The van der Waals surface area contributed by atoms with E-state index in [1.165, 1.54) is 56.9 Å². The molecule has 0 aliphatic rings. The lowest BCUT2D eigenvalue weighted by Gasteiger charge is -2.07. The van der Waals surface area contributed by atoms with Gasteiger partial charge in [-0.3, -0.25) is 0 Å². The first-order valence-electron chi connectivity index (χ1n) is 8.08. The Kier molecular flexibility index (Phi) is 8.36. The molecule has 1 N–H and O–H groups in total. The van der Waals surface area contributed by atoms with Crippen LogP contribution in [-0.2, 0) is 12.8 Å². The van der Waals surface area contributed by atoms with Gasteiger partial charge in [0.1, 0.15) is 5.75 Å². The first kappa shape index (κ1) is 16.1. The van der Waals surface area contributed by atoms with Crippen LogP contribution in [0.15, 0.2) is 18.2 Å². The van der Waals surface area contributed by atoms with Gasteiger partial charge in [-0.25, -0.2) is 0 Å². The first-order chi connectivity index (χ1) is 9.27. The molecule has 0 amide bonds. The second kappa shape index (κ2) is 9.89. The van der Waals surface area contributed by atoms with Gasteiger partial charge < -0.3 is 5.11 Å². The fourth-order valence-corrected chi connectivity index (χ4v) is 2.47. The summed E-state index contributed by atoms with van der Waals surface area (Å²) in [7, 11) is 0. The summed E-state index contributed by atoms with van der Waals surface area (Å²) in [4.78, 5) is 0. The summed E-state index contributed by atoms with van der Waals surface area (Å²) in [5.74, 6) is 0.504. The lowest BCUT2D eigenvalue weighted by atomic mass is 10.0. The molecule has 0 saturated heterocycles. The number of phenols is 1. The molecule has 0 unspecified atom stereocenters. The van der Waals surface area contributed by atoms with Crippen LogP contribution in [0.1, 0.15) is 76.3 Å². The van der Waals surface area contributed by atoms with E-state index in [0.29, 0.717) is 5.75 Å². The molecule has 0 aromatic heterocycles. The number of unbranched alkanes of at least 4 members (excludes halogenated alkanes) is 6. The van der Waals surface area contributed by atoms with Gasteiger partial charge in [-0.05, 0) is 42.9 Å². The third kappa shape index (κ3) is 6.66. The van der Waals surface area contributed by atoms with Crippen molar-refractivity contribution in [2.24, 2.45) is 0 Å². The third-order valence-corrected chi connectivity index (χ3v) is 3.77. The lowest BCUT2D eigenvalue weighted by molar-refractivity contribution is 0.465. The summed E-state index contributed by atoms with van der Waals surface area (Å²) in [6.45, 7) is 4.46. The van der Waals surface area contributed by atoms with E-state index in [4.69, 9.17) is 0 Å². The molecule has 0 fully saturated rings. The lowest BCUT2D eigenvalue weighted by Crippen LogP contribution is -1.91. The second-order valence-electron chi connectivity index (χ2n) is 5.58. The molecule has 0 atom stereocenters. The van der Waals surface area contributed by atoms with E-state index >= 15 is 0 Å². The van der Waals surface area contributed by atoms with Gasteiger partial charge in [0.05, 0.1) is 0 Å². The van der Waals surface area contributed by atoms with Gasteiger partial charge in [-0.1, -0.05) is 64.5 Å². The van der Waals surface area contributed by atoms with Gasteiger partial charge >= 0.3 is 0 Å². The zero-order valence-electron chi connectivity index (χ0n) is 12.8. The SMILES string of the molecule is CCCCCCc1ccc(CCCCCC)c(O)c1. The van der Waals surface area contributed by atoms with Crippen LogP contribution in [0, 0.1) is 0 Å². The standard InChI is InChI=1S/C18H30O/c1-3-5-7-9-11-16-13-14-17(18(19)15-16)12-10-8-6-4-2/h13-15,19H,3-12H2,1-2H3. The van der Waals surface area contributed by atoms with Crippen molar-refractivity contribution in [3.8, 4) is 5.75 Å². The molecule has 0 saturated carbocycles. The number of phenolic OH excluding ortho intramolecular Hbond substituents is 1. The number of aromatic hydroxyl groups is 1. The molecule has 0 radical (unpaired) electrons. The maximum Gasteiger partial charge on any atom is 0.119 e. The van der Waals surface area contributed by atoms with Crippen molar-refractivity contribution < 1.29 is 5.11 Å². The van der Waals surface area contributed by atoms with E-state index in [0.717, 1.165) is 18.4 Å². The summed E-state index contributed by atoms with van der Waals surface area (Å²) in [5.41, 5.74) is 2.40. The Hall–Kier alpha value is -0.980. The zero-order valence-corrected chi connectivity index (χ0v) is 12.8. The highest BCUT2D eigenvalue weighted by Crippen LogP contribution is 2.22. The van der Waals surface area contributed by atoms with Crippen LogP contribution in [-0.4, -0.2) is 5.11 Å². The highest BCUT2D eigenvalue weighted by Gasteiger charge is 2.03. The molecule has 108 valence electrons. The van der Waals surface area contributed by atoms with Gasteiger partial charge in [0, 0.05) is 0 Å². The van der Waals surface area contributed by atoms with Crippen molar-refractivity contribution in [1.29, 1.82) is 0 Å². The second-order valence-corrected chi connectivity index (χ2v) is 5.58. The zero-order chi connectivity index (χ0) is 13.9. The first-order valence-corrected chi connectivity index (χ1v) is 8.08. The number of rotatable bonds is 10. The van der Waals surface area contributed by atoms with E-state index < -0.39 is 0 Å². The molecule has 1 aromatic carbocycles. The van der Waals surface area contributed by atoms with Crippen LogP contribution in [0.25, 0.3) is 0 Å².